The fourth-order valence-electron chi connectivity index (χ4n) is 1.58. The Kier molecular flexibility index (Phi) is 4.12. The van der Waals surface area contributed by atoms with Crippen molar-refractivity contribution in [1.29, 1.82) is 0 Å². The van der Waals surface area contributed by atoms with Crippen molar-refractivity contribution in [3.63, 3.8) is 0 Å². The second-order valence-corrected chi connectivity index (χ2v) is 7.08. The summed E-state index contributed by atoms with van der Waals surface area (Å²) < 4.78 is 0. The Labute approximate surface area is 115 Å². The molecule has 0 radical (unpaired) electrons. The number of rotatable bonds is 1. The van der Waals surface area contributed by atoms with Gasteiger partial charge in [0.25, 0.3) is 0 Å². The van der Waals surface area contributed by atoms with Gasteiger partial charge < -0.3 is 5.32 Å². The summed E-state index contributed by atoms with van der Waals surface area (Å²) in [5, 5.41) is 3.61. The van der Waals surface area contributed by atoms with Crippen LogP contribution in [0.15, 0.2) is 18.2 Å². The highest BCUT2D eigenvalue weighted by molar-refractivity contribution is 6.31. The number of hydrogen-bond acceptors (Lipinski definition) is 1. The molecule has 1 rings (SSSR count). The molecule has 0 aliphatic carbocycles. The van der Waals surface area contributed by atoms with Crippen LogP contribution in [0.4, 0.5) is 5.69 Å². The summed E-state index contributed by atoms with van der Waals surface area (Å²) in [6, 6.07) is 5.64. The number of benzene rings is 1. The van der Waals surface area contributed by atoms with E-state index < -0.39 is 5.41 Å². The number of nitrogens with one attached hydrogen (secondary N) is 1. The highest BCUT2D eigenvalue weighted by Gasteiger charge is 2.24. The third kappa shape index (κ3) is 3.74. The number of hydrogen-bond donors (Lipinski definition) is 1. The second-order valence-electron chi connectivity index (χ2n) is 6.64. The minimum atomic E-state index is -0.419. The van der Waals surface area contributed by atoms with E-state index in [1.54, 1.807) is 0 Å². The average Bonchev–Trinajstić information content (AvgIpc) is 2.13. The lowest BCUT2D eigenvalue weighted by Crippen LogP contribution is -2.29. The van der Waals surface area contributed by atoms with E-state index in [4.69, 9.17) is 11.6 Å². The van der Waals surface area contributed by atoms with Gasteiger partial charge in [-0.25, -0.2) is 0 Å². The lowest BCUT2D eigenvalue weighted by atomic mass is 9.85. The summed E-state index contributed by atoms with van der Waals surface area (Å²) in [7, 11) is 0. The van der Waals surface area contributed by atoms with E-state index in [-0.39, 0.29) is 11.3 Å². The molecule has 1 N–H and O–H groups in total. The van der Waals surface area contributed by atoms with E-state index >= 15 is 0 Å². The lowest BCUT2D eigenvalue weighted by Gasteiger charge is -2.25. The SMILES string of the molecule is CC(C)(C)C(=O)Nc1cc(Cl)ccc1C(C)(C)C. The Morgan fingerprint density at radius 3 is 2.11 bits per heavy atom. The Bertz CT molecular complexity index is 453. The standard InChI is InChI=1S/C15H22ClNO/c1-14(2,3)11-8-7-10(16)9-12(11)17-13(18)15(4,5)6/h7-9H,1-6H3,(H,17,18). The molecule has 1 aromatic rings. The monoisotopic (exact) mass is 267 g/mol. The maximum atomic E-state index is 12.1. The van der Waals surface area contributed by atoms with Crippen LogP contribution in [0.1, 0.15) is 47.1 Å². The molecule has 18 heavy (non-hydrogen) atoms. The molecule has 0 saturated carbocycles. The molecule has 3 heteroatoms. The Hall–Kier alpha value is -1.02. The molecule has 1 amide bonds. The second kappa shape index (κ2) is 4.93. The van der Waals surface area contributed by atoms with Crippen LogP contribution in [0.5, 0.6) is 0 Å². The van der Waals surface area contributed by atoms with Crippen molar-refractivity contribution in [1.82, 2.24) is 0 Å². The third-order valence-corrected chi connectivity index (χ3v) is 2.95. The molecule has 0 bridgehead atoms. The molecule has 0 aromatic heterocycles. The van der Waals surface area contributed by atoms with E-state index in [1.807, 2.05) is 39.0 Å². The molecule has 2 nitrogen and oxygen atoms in total. The summed E-state index contributed by atoms with van der Waals surface area (Å²) in [6.45, 7) is 12.0. The zero-order valence-corrected chi connectivity index (χ0v) is 12.8. The fourth-order valence-corrected chi connectivity index (χ4v) is 1.76. The minimum absolute atomic E-state index is 0.00438. The Morgan fingerprint density at radius 1 is 1.11 bits per heavy atom. The molecule has 0 atom stereocenters. The molecule has 0 aliphatic heterocycles. The number of halogens is 1. The predicted octanol–water partition coefficient (Wildman–Crippen LogP) is 4.62. The van der Waals surface area contributed by atoms with Gasteiger partial charge in [0.2, 0.25) is 5.91 Å². The van der Waals surface area contributed by atoms with Gasteiger partial charge in [-0.1, -0.05) is 59.2 Å². The topological polar surface area (TPSA) is 29.1 Å². The summed E-state index contributed by atoms with van der Waals surface area (Å²) in [5.41, 5.74) is 1.43. The van der Waals surface area contributed by atoms with Crippen LogP contribution < -0.4 is 5.32 Å². The highest BCUT2D eigenvalue weighted by Crippen LogP contribution is 2.32. The number of carbonyl (C=O) groups excluding carboxylic acids is 1. The average molecular weight is 268 g/mol. The van der Waals surface area contributed by atoms with Crippen LogP contribution in [-0.2, 0) is 10.2 Å². The van der Waals surface area contributed by atoms with Crippen molar-refractivity contribution in [2.75, 3.05) is 5.32 Å². The van der Waals surface area contributed by atoms with Gasteiger partial charge in [0, 0.05) is 16.1 Å². The minimum Gasteiger partial charge on any atom is -0.325 e. The van der Waals surface area contributed by atoms with Crippen LogP contribution in [0.3, 0.4) is 0 Å². The molecule has 0 unspecified atom stereocenters. The van der Waals surface area contributed by atoms with Crippen molar-refractivity contribution in [3.05, 3.63) is 28.8 Å². The van der Waals surface area contributed by atoms with Crippen molar-refractivity contribution in [2.45, 2.75) is 47.0 Å². The molecular formula is C15H22ClNO. The molecule has 100 valence electrons. The maximum absolute atomic E-state index is 12.1. The first-order valence-corrected chi connectivity index (χ1v) is 6.51. The number of amides is 1. The van der Waals surface area contributed by atoms with E-state index in [0.29, 0.717) is 5.02 Å². The first-order valence-electron chi connectivity index (χ1n) is 6.13. The van der Waals surface area contributed by atoms with E-state index in [2.05, 4.69) is 26.1 Å². The van der Waals surface area contributed by atoms with E-state index in [1.165, 1.54) is 0 Å². The molecule has 0 heterocycles. The molecule has 0 spiro atoms. The Balaban J connectivity index is 3.16. The van der Waals surface area contributed by atoms with Gasteiger partial charge in [0.05, 0.1) is 0 Å². The van der Waals surface area contributed by atoms with Gasteiger partial charge in [-0.2, -0.15) is 0 Å². The van der Waals surface area contributed by atoms with Crippen LogP contribution >= 0.6 is 11.6 Å². The molecule has 0 aliphatic rings. The van der Waals surface area contributed by atoms with Gasteiger partial charge in [-0.3, -0.25) is 4.79 Å². The van der Waals surface area contributed by atoms with Gasteiger partial charge in [-0.05, 0) is 23.1 Å². The van der Waals surface area contributed by atoms with Gasteiger partial charge in [0.1, 0.15) is 0 Å². The van der Waals surface area contributed by atoms with Crippen molar-refractivity contribution < 1.29 is 4.79 Å². The molecule has 0 saturated heterocycles. The van der Waals surface area contributed by atoms with Crippen LogP contribution in [0.2, 0.25) is 5.02 Å². The zero-order valence-electron chi connectivity index (χ0n) is 12.0. The van der Waals surface area contributed by atoms with Crippen molar-refractivity contribution in [3.8, 4) is 0 Å². The molecular weight excluding hydrogens is 246 g/mol. The van der Waals surface area contributed by atoms with Crippen molar-refractivity contribution >= 4 is 23.2 Å². The van der Waals surface area contributed by atoms with Crippen molar-refractivity contribution in [2.24, 2.45) is 5.41 Å². The van der Waals surface area contributed by atoms with E-state index in [9.17, 15) is 4.79 Å². The summed E-state index contributed by atoms with van der Waals surface area (Å²) in [5.74, 6) is -0.00438. The summed E-state index contributed by atoms with van der Waals surface area (Å²) in [4.78, 5) is 12.1. The van der Waals surface area contributed by atoms with Gasteiger partial charge >= 0.3 is 0 Å². The van der Waals surface area contributed by atoms with Gasteiger partial charge in [-0.15, -0.1) is 0 Å². The zero-order chi connectivity index (χ0) is 14.1. The predicted molar refractivity (Wildman–Crippen MR) is 78.2 cm³/mol. The van der Waals surface area contributed by atoms with Crippen LogP contribution in [0, 0.1) is 5.41 Å². The normalized spacial score (nSPS) is 12.4. The van der Waals surface area contributed by atoms with E-state index in [0.717, 1.165) is 11.3 Å². The first kappa shape index (κ1) is 15.0. The fraction of sp³-hybridized carbons (Fsp3) is 0.533. The molecule has 1 aromatic carbocycles. The lowest BCUT2D eigenvalue weighted by molar-refractivity contribution is -0.123. The number of carbonyl (C=O) groups is 1. The van der Waals surface area contributed by atoms with Crippen LogP contribution in [-0.4, -0.2) is 5.91 Å². The first-order chi connectivity index (χ1) is 8.01. The maximum Gasteiger partial charge on any atom is 0.229 e. The summed E-state index contributed by atoms with van der Waals surface area (Å²) >= 11 is 6.01. The summed E-state index contributed by atoms with van der Waals surface area (Å²) in [6.07, 6.45) is 0. The smallest absolute Gasteiger partial charge is 0.229 e. The highest BCUT2D eigenvalue weighted by atomic mass is 35.5. The molecule has 0 fully saturated rings. The van der Waals surface area contributed by atoms with Crippen LogP contribution in [0.25, 0.3) is 0 Å². The van der Waals surface area contributed by atoms with Gasteiger partial charge in [0.15, 0.2) is 0 Å². The third-order valence-electron chi connectivity index (χ3n) is 2.72. The number of anilines is 1. The quantitative estimate of drug-likeness (QED) is 0.790. The largest absolute Gasteiger partial charge is 0.325 e. The Morgan fingerprint density at radius 2 is 1.67 bits per heavy atom.